The van der Waals surface area contributed by atoms with Gasteiger partial charge >= 0.3 is 0 Å². The molecule has 3 heterocycles. The third kappa shape index (κ3) is 1.46. The SMILES string of the molecule is COc1ccn2c(C3CCNC3)ncc2c1. The predicted molar refractivity (Wildman–Crippen MR) is 62.0 cm³/mol. The first-order chi connectivity index (χ1) is 7.88. The zero-order valence-electron chi connectivity index (χ0n) is 9.31. The summed E-state index contributed by atoms with van der Waals surface area (Å²) in [6.45, 7) is 2.13. The molecule has 1 saturated heterocycles. The predicted octanol–water partition coefficient (Wildman–Crippen LogP) is 1.42. The van der Waals surface area contributed by atoms with E-state index < -0.39 is 0 Å². The highest BCUT2D eigenvalue weighted by Crippen LogP contribution is 2.23. The van der Waals surface area contributed by atoms with Crippen molar-refractivity contribution in [3.63, 3.8) is 0 Å². The number of ether oxygens (including phenoxy) is 1. The van der Waals surface area contributed by atoms with E-state index in [0.717, 1.165) is 30.2 Å². The number of rotatable bonds is 2. The number of methoxy groups -OCH3 is 1. The van der Waals surface area contributed by atoms with E-state index in [-0.39, 0.29) is 0 Å². The number of nitrogens with zero attached hydrogens (tertiary/aromatic N) is 2. The van der Waals surface area contributed by atoms with Crippen LogP contribution in [0.2, 0.25) is 0 Å². The van der Waals surface area contributed by atoms with Crippen LogP contribution in [0.15, 0.2) is 24.5 Å². The van der Waals surface area contributed by atoms with Crippen molar-refractivity contribution in [2.24, 2.45) is 0 Å². The molecule has 1 aliphatic rings. The number of hydrogen-bond acceptors (Lipinski definition) is 3. The lowest BCUT2D eigenvalue weighted by Gasteiger charge is -2.07. The Morgan fingerprint density at radius 1 is 1.56 bits per heavy atom. The van der Waals surface area contributed by atoms with Crippen molar-refractivity contribution in [1.82, 2.24) is 14.7 Å². The van der Waals surface area contributed by atoms with Gasteiger partial charge in [-0.25, -0.2) is 4.98 Å². The Bertz CT molecular complexity index is 500. The lowest BCUT2D eigenvalue weighted by atomic mass is 10.1. The van der Waals surface area contributed by atoms with E-state index in [1.165, 1.54) is 6.42 Å². The number of hydrogen-bond donors (Lipinski definition) is 1. The first-order valence-electron chi connectivity index (χ1n) is 5.60. The summed E-state index contributed by atoms with van der Waals surface area (Å²) in [6, 6.07) is 3.99. The zero-order valence-corrected chi connectivity index (χ0v) is 9.31. The van der Waals surface area contributed by atoms with Gasteiger partial charge in [-0.2, -0.15) is 0 Å². The van der Waals surface area contributed by atoms with Gasteiger partial charge in [-0.1, -0.05) is 0 Å². The van der Waals surface area contributed by atoms with Crippen molar-refractivity contribution in [2.45, 2.75) is 12.3 Å². The topological polar surface area (TPSA) is 38.6 Å². The molecule has 16 heavy (non-hydrogen) atoms. The molecule has 1 atom stereocenters. The summed E-state index contributed by atoms with van der Waals surface area (Å²) in [5, 5.41) is 3.37. The average Bonchev–Trinajstić information content (AvgIpc) is 2.96. The van der Waals surface area contributed by atoms with Gasteiger partial charge in [-0.15, -0.1) is 0 Å². The summed E-state index contributed by atoms with van der Waals surface area (Å²) in [4.78, 5) is 4.52. The third-order valence-electron chi connectivity index (χ3n) is 3.19. The summed E-state index contributed by atoms with van der Waals surface area (Å²) in [5.74, 6) is 2.57. The van der Waals surface area contributed by atoms with Crippen LogP contribution in [0.25, 0.3) is 5.52 Å². The summed E-state index contributed by atoms with van der Waals surface area (Å²) >= 11 is 0. The fourth-order valence-corrected chi connectivity index (χ4v) is 2.30. The lowest BCUT2D eigenvalue weighted by molar-refractivity contribution is 0.414. The molecule has 2 aromatic heterocycles. The number of nitrogens with one attached hydrogen (secondary N) is 1. The molecule has 0 bridgehead atoms. The van der Waals surface area contributed by atoms with Crippen LogP contribution in [0, 0.1) is 0 Å². The van der Waals surface area contributed by atoms with E-state index in [1.54, 1.807) is 7.11 Å². The van der Waals surface area contributed by atoms with Crippen LogP contribution < -0.4 is 10.1 Å². The minimum absolute atomic E-state index is 0.538. The van der Waals surface area contributed by atoms with Crippen molar-refractivity contribution in [1.29, 1.82) is 0 Å². The molecule has 4 heteroatoms. The fourth-order valence-electron chi connectivity index (χ4n) is 2.30. The highest BCUT2D eigenvalue weighted by atomic mass is 16.5. The summed E-state index contributed by atoms with van der Waals surface area (Å²) in [5.41, 5.74) is 1.10. The Kier molecular flexibility index (Phi) is 2.29. The quantitative estimate of drug-likeness (QED) is 0.826. The standard InChI is InChI=1S/C12H15N3O/c1-16-11-3-5-15-10(6-11)8-14-12(15)9-2-4-13-7-9/h3,5-6,8-9,13H,2,4,7H2,1H3. The Labute approximate surface area is 94.3 Å². The summed E-state index contributed by atoms with van der Waals surface area (Å²) < 4.78 is 7.36. The molecular weight excluding hydrogens is 202 g/mol. The molecule has 0 saturated carbocycles. The molecule has 2 aromatic rings. The second-order valence-electron chi connectivity index (χ2n) is 4.17. The maximum Gasteiger partial charge on any atom is 0.122 e. The molecule has 1 N–H and O–H groups in total. The monoisotopic (exact) mass is 217 g/mol. The normalized spacial score (nSPS) is 20.4. The summed E-state index contributed by atoms with van der Waals surface area (Å²) in [7, 11) is 1.68. The molecule has 0 radical (unpaired) electrons. The first-order valence-corrected chi connectivity index (χ1v) is 5.60. The maximum absolute atomic E-state index is 5.20. The molecule has 0 spiro atoms. The van der Waals surface area contributed by atoms with Gasteiger partial charge in [0.25, 0.3) is 0 Å². The minimum Gasteiger partial charge on any atom is -0.497 e. The highest BCUT2D eigenvalue weighted by Gasteiger charge is 2.20. The van der Waals surface area contributed by atoms with Gasteiger partial charge in [0.2, 0.25) is 0 Å². The summed E-state index contributed by atoms with van der Waals surface area (Å²) in [6.07, 6.45) is 5.12. The van der Waals surface area contributed by atoms with Gasteiger partial charge in [0.1, 0.15) is 11.6 Å². The molecule has 0 aromatic carbocycles. The van der Waals surface area contributed by atoms with E-state index in [0.29, 0.717) is 5.92 Å². The van der Waals surface area contributed by atoms with Gasteiger partial charge in [-0.05, 0) is 19.0 Å². The molecule has 84 valence electrons. The second kappa shape index (κ2) is 3.79. The Morgan fingerprint density at radius 3 is 3.25 bits per heavy atom. The van der Waals surface area contributed by atoms with Gasteiger partial charge in [0, 0.05) is 24.7 Å². The minimum atomic E-state index is 0.538. The number of fused-ring (bicyclic) bond motifs is 1. The van der Waals surface area contributed by atoms with Crippen molar-refractivity contribution < 1.29 is 4.74 Å². The van der Waals surface area contributed by atoms with E-state index in [2.05, 4.69) is 14.7 Å². The van der Waals surface area contributed by atoms with Gasteiger partial charge < -0.3 is 14.5 Å². The van der Waals surface area contributed by atoms with Crippen molar-refractivity contribution >= 4 is 5.52 Å². The van der Waals surface area contributed by atoms with Crippen molar-refractivity contribution in [2.75, 3.05) is 20.2 Å². The van der Waals surface area contributed by atoms with Crippen LogP contribution in [-0.2, 0) is 0 Å². The Balaban J connectivity index is 2.06. The molecule has 1 aliphatic heterocycles. The number of imidazole rings is 1. The molecule has 4 nitrogen and oxygen atoms in total. The number of pyridine rings is 1. The van der Waals surface area contributed by atoms with Gasteiger partial charge in [0.15, 0.2) is 0 Å². The molecule has 0 aliphatic carbocycles. The van der Waals surface area contributed by atoms with Crippen LogP contribution in [0.4, 0.5) is 0 Å². The van der Waals surface area contributed by atoms with E-state index in [1.807, 2.05) is 24.5 Å². The zero-order chi connectivity index (χ0) is 11.0. The van der Waals surface area contributed by atoms with E-state index in [4.69, 9.17) is 4.74 Å². The lowest BCUT2D eigenvalue weighted by Crippen LogP contribution is -2.10. The van der Waals surface area contributed by atoms with Crippen molar-refractivity contribution in [3.05, 3.63) is 30.4 Å². The number of aromatic nitrogens is 2. The van der Waals surface area contributed by atoms with Crippen LogP contribution in [0.1, 0.15) is 18.2 Å². The average molecular weight is 217 g/mol. The van der Waals surface area contributed by atoms with Crippen LogP contribution in [0.3, 0.4) is 0 Å². The van der Waals surface area contributed by atoms with E-state index in [9.17, 15) is 0 Å². The van der Waals surface area contributed by atoms with Crippen LogP contribution >= 0.6 is 0 Å². The fraction of sp³-hybridized carbons (Fsp3) is 0.417. The Morgan fingerprint density at radius 2 is 2.50 bits per heavy atom. The molecular formula is C12H15N3O. The maximum atomic E-state index is 5.20. The molecule has 1 fully saturated rings. The van der Waals surface area contributed by atoms with E-state index >= 15 is 0 Å². The molecule has 0 amide bonds. The van der Waals surface area contributed by atoms with Gasteiger partial charge in [0.05, 0.1) is 18.8 Å². The first kappa shape index (κ1) is 9.66. The van der Waals surface area contributed by atoms with Crippen LogP contribution in [-0.4, -0.2) is 29.6 Å². The Hall–Kier alpha value is -1.55. The largest absolute Gasteiger partial charge is 0.497 e. The molecule has 3 rings (SSSR count). The smallest absolute Gasteiger partial charge is 0.122 e. The third-order valence-corrected chi connectivity index (χ3v) is 3.19. The van der Waals surface area contributed by atoms with Crippen LogP contribution in [0.5, 0.6) is 5.75 Å². The van der Waals surface area contributed by atoms with Gasteiger partial charge in [-0.3, -0.25) is 0 Å². The molecule has 1 unspecified atom stereocenters. The van der Waals surface area contributed by atoms with Crippen molar-refractivity contribution in [3.8, 4) is 5.75 Å². The second-order valence-corrected chi connectivity index (χ2v) is 4.17. The highest BCUT2D eigenvalue weighted by molar-refractivity contribution is 5.51.